The zero-order chi connectivity index (χ0) is 10.9. The van der Waals surface area contributed by atoms with Crippen LogP contribution in [0.15, 0.2) is 24.3 Å². The van der Waals surface area contributed by atoms with Crippen LogP contribution in [0.25, 0.3) is 0 Å². The maximum atomic E-state index is 10.7. The van der Waals surface area contributed by atoms with E-state index >= 15 is 0 Å². The lowest BCUT2D eigenvalue weighted by atomic mass is 10.0. The quantitative estimate of drug-likeness (QED) is 0.736. The highest BCUT2D eigenvalue weighted by Crippen LogP contribution is 2.30. The van der Waals surface area contributed by atoms with Crippen LogP contribution in [0.3, 0.4) is 0 Å². The van der Waals surface area contributed by atoms with Crippen molar-refractivity contribution in [2.45, 2.75) is 25.4 Å². The molecule has 0 aliphatic heterocycles. The molecule has 0 radical (unpaired) electrons. The predicted octanol–water partition coefficient (Wildman–Crippen LogP) is 1.08. The van der Waals surface area contributed by atoms with Crippen molar-refractivity contribution in [3.05, 3.63) is 35.4 Å². The molecule has 0 spiro atoms. The van der Waals surface area contributed by atoms with Gasteiger partial charge in [0.2, 0.25) is 0 Å². The van der Waals surface area contributed by atoms with E-state index in [4.69, 9.17) is 4.74 Å². The molecule has 2 rings (SSSR count). The molecule has 0 amide bonds. The molecule has 0 atom stereocenters. The summed E-state index contributed by atoms with van der Waals surface area (Å²) < 4.78 is 4.87. The SMILES string of the molecule is CC(=O)OCC1(O)Cc2ccccc2C1. The van der Waals surface area contributed by atoms with Crippen LogP contribution >= 0.6 is 0 Å². The summed E-state index contributed by atoms with van der Waals surface area (Å²) in [6, 6.07) is 7.91. The van der Waals surface area contributed by atoms with Crippen LogP contribution in [-0.2, 0) is 22.4 Å². The van der Waals surface area contributed by atoms with Gasteiger partial charge in [0.05, 0.1) is 0 Å². The van der Waals surface area contributed by atoms with Gasteiger partial charge in [0.1, 0.15) is 12.2 Å². The van der Waals surface area contributed by atoms with Gasteiger partial charge in [-0.1, -0.05) is 24.3 Å². The molecule has 15 heavy (non-hydrogen) atoms. The second-order valence-corrected chi connectivity index (χ2v) is 4.13. The van der Waals surface area contributed by atoms with Gasteiger partial charge in [-0.2, -0.15) is 0 Å². The molecule has 3 nitrogen and oxygen atoms in total. The number of ether oxygens (including phenoxy) is 1. The number of carbonyl (C=O) groups is 1. The van der Waals surface area contributed by atoms with Gasteiger partial charge in [0.15, 0.2) is 0 Å². The van der Waals surface area contributed by atoms with E-state index in [1.54, 1.807) is 0 Å². The highest BCUT2D eigenvalue weighted by Gasteiger charge is 2.35. The molecule has 0 saturated heterocycles. The van der Waals surface area contributed by atoms with Crippen molar-refractivity contribution < 1.29 is 14.6 Å². The first-order valence-corrected chi connectivity index (χ1v) is 5.02. The highest BCUT2D eigenvalue weighted by molar-refractivity contribution is 5.66. The lowest BCUT2D eigenvalue weighted by Crippen LogP contribution is -2.36. The molecule has 0 saturated carbocycles. The van der Waals surface area contributed by atoms with Crippen molar-refractivity contribution in [2.24, 2.45) is 0 Å². The van der Waals surface area contributed by atoms with Crippen molar-refractivity contribution in [2.75, 3.05) is 6.61 Å². The van der Waals surface area contributed by atoms with Crippen molar-refractivity contribution >= 4 is 5.97 Å². The van der Waals surface area contributed by atoms with E-state index in [9.17, 15) is 9.90 Å². The number of esters is 1. The molecule has 3 heteroatoms. The van der Waals surface area contributed by atoms with Crippen molar-refractivity contribution in [1.82, 2.24) is 0 Å². The molecule has 1 aliphatic carbocycles. The summed E-state index contributed by atoms with van der Waals surface area (Å²) in [6.07, 6.45) is 1.13. The number of fused-ring (bicyclic) bond motifs is 1. The molecular weight excluding hydrogens is 192 g/mol. The van der Waals surface area contributed by atoms with Crippen LogP contribution in [0.1, 0.15) is 18.1 Å². The summed E-state index contributed by atoms with van der Waals surface area (Å²) in [7, 11) is 0. The summed E-state index contributed by atoms with van der Waals surface area (Å²) in [5, 5.41) is 10.2. The first kappa shape index (κ1) is 10.2. The minimum absolute atomic E-state index is 0.0804. The summed E-state index contributed by atoms with van der Waals surface area (Å²) in [5.41, 5.74) is 1.38. The van der Waals surface area contributed by atoms with Gasteiger partial charge < -0.3 is 9.84 Å². The average molecular weight is 206 g/mol. The number of hydrogen-bond donors (Lipinski definition) is 1. The van der Waals surface area contributed by atoms with Crippen LogP contribution in [0.4, 0.5) is 0 Å². The topological polar surface area (TPSA) is 46.5 Å². The smallest absolute Gasteiger partial charge is 0.302 e. The van der Waals surface area contributed by atoms with Gasteiger partial charge in [0.25, 0.3) is 0 Å². The van der Waals surface area contributed by atoms with Crippen molar-refractivity contribution in [1.29, 1.82) is 0 Å². The van der Waals surface area contributed by atoms with Crippen LogP contribution < -0.4 is 0 Å². The third-order valence-electron chi connectivity index (χ3n) is 2.70. The number of aliphatic hydroxyl groups is 1. The van der Waals surface area contributed by atoms with E-state index in [1.807, 2.05) is 24.3 Å². The molecule has 1 N–H and O–H groups in total. The minimum atomic E-state index is -0.907. The monoisotopic (exact) mass is 206 g/mol. The molecule has 1 aromatic carbocycles. The summed E-state index contributed by atoms with van der Waals surface area (Å²) in [6.45, 7) is 1.43. The van der Waals surface area contributed by atoms with E-state index in [0.29, 0.717) is 12.8 Å². The lowest BCUT2D eigenvalue weighted by molar-refractivity contribution is -0.148. The number of benzene rings is 1. The Balaban J connectivity index is 2.07. The Morgan fingerprint density at radius 3 is 2.40 bits per heavy atom. The van der Waals surface area contributed by atoms with Gasteiger partial charge in [-0.3, -0.25) is 4.79 Å². The van der Waals surface area contributed by atoms with E-state index in [1.165, 1.54) is 6.92 Å². The van der Waals surface area contributed by atoms with Gasteiger partial charge >= 0.3 is 5.97 Å². The first-order valence-electron chi connectivity index (χ1n) is 5.02. The lowest BCUT2D eigenvalue weighted by Gasteiger charge is -2.21. The minimum Gasteiger partial charge on any atom is -0.463 e. The van der Waals surface area contributed by atoms with Gasteiger partial charge in [-0.25, -0.2) is 0 Å². The maximum absolute atomic E-state index is 10.7. The predicted molar refractivity (Wildman–Crippen MR) is 55.4 cm³/mol. The zero-order valence-electron chi connectivity index (χ0n) is 8.69. The normalized spacial score (nSPS) is 17.2. The molecule has 1 aromatic rings. The molecular formula is C12H14O3. The van der Waals surface area contributed by atoms with Crippen LogP contribution in [0.5, 0.6) is 0 Å². The summed E-state index contributed by atoms with van der Waals surface area (Å²) >= 11 is 0. The second kappa shape index (κ2) is 3.66. The van der Waals surface area contributed by atoms with Gasteiger partial charge in [-0.05, 0) is 11.1 Å². The average Bonchev–Trinajstić information content (AvgIpc) is 2.52. The van der Waals surface area contributed by atoms with E-state index in [0.717, 1.165) is 11.1 Å². The number of carbonyl (C=O) groups excluding carboxylic acids is 1. The van der Waals surface area contributed by atoms with E-state index in [-0.39, 0.29) is 12.6 Å². The Bertz CT molecular complexity index is 359. The molecule has 0 bridgehead atoms. The maximum Gasteiger partial charge on any atom is 0.302 e. The van der Waals surface area contributed by atoms with Gasteiger partial charge in [-0.15, -0.1) is 0 Å². The number of hydrogen-bond acceptors (Lipinski definition) is 3. The van der Waals surface area contributed by atoms with Crippen molar-refractivity contribution in [3.8, 4) is 0 Å². The zero-order valence-corrected chi connectivity index (χ0v) is 8.69. The number of rotatable bonds is 2. The second-order valence-electron chi connectivity index (χ2n) is 4.13. The van der Waals surface area contributed by atoms with Crippen LogP contribution in [-0.4, -0.2) is 23.3 Å². The summed E-state index contributed by atoms with van der Waals surface area (Å²) in [4.78, 5) is 10.7. The van der Waals surface area contributed by atoms with Crippen molar-refractivity contribution in [3.63, 3.8) is 0 Å². The Kier molecular flexibility index (Phi) is 2.49. The molecule has 80 valence electrons. The fraction of sp³-hybridized carbons (Fsp3) is 0.417. The Morgan fingerprint density at radius 2 is 1.93 bits per heavy atom. The Labute approximate surface area is 88.7 Å². The fourth-order valence-corrected chi connectivity index (χ4v) is 2.01. The van der Waals surface area contributed by atoms with E-state index in [2.05, 4.69) is 0 Å². The largest absolute Gasteiger partial charge is 0.463 e. The standard InChI is InChI=1S/C12H14O3/c1-9(13)15-8-12(14)6-10-4-2-3-5-11(10)7-12/h2-5,14H,6-8H2,1H3. The third kappa shape index (κ3) is 2.18. The summed E-state index contributed by atoms with van der Waals surface area (Å²) in [5.74, 6) is -0.348. The molecule has 1 aliphatic rings. The fourth-order valence-electron chi connectivity index (χ4n) is 2.01. The first-order chi connectivity index (χ1) is 7.09. The molecule has 0 fully saturated rings. The van der Waals surface area contributed by atoms with E-state index < -0.39 is 5.60 Å². The molecule has 0 unspecified atom stereocenters. The third-order valence-corrected chi connectivity index (χ3v) is 2.70. The van der Waals surface area contributed by atoms with Gasteiger partial charge in [0, 0.05) is 19.8 Å². The van der Waals surface area contributed by atoms with Crippen LogP contribution in [0.2, 0.25) is 0 Å². The molecule has 0 aromatic heterocycles. The molecule has 0 heterocycles. The Hall–Kier alpha value is -1.35. The van der Waals surface area contributed by atoms with Crippen LogP contribution in [0, 0.1) is 0 Å². The highest BCUT2D eigenvalue weighted by atomic mass is 16.5. The Morgan fingerprint density at radius 1 is 1.40 bits per heavy atom.